The Labute approximate surface area is 106 Å². The molecule has 0 atom stereocenters. The molecule has 2 rings (SSSR count). The van der Waals surface area contributed by atoms with Gasteiger partial charge in [0.25, 0.3) is 0 Å². The molecule has 0 aromatic heterocycles. The lowest BCUT2D eigenvalue weighted by Gasteiger charge is -2.11. The molecule has 0 saturated carbocycles. The summed E-state index contributed by atoms with van der Waals surface area (Å²) >= 11 is 0. The Morgan fingerprint density at radius 3 is 2.83 bits per heavy atom. The number of urea groups is 1. The van der Waals surface area contributed by atoms with E-state index in [1.807, 2.05) is 12.1 Å². The number of rotatable bonds is 4. The first-order valence-electron chi connectivity index (χ1n) is 5.82. The number of hydrogen-bond donors (Lipinski definition) is 1. The van der Waals surface area contributed by atoms with Crippen LogP contribution in [0.25, 0.3) is 0 Å². The van der Waals surface area contributed by atoms with Crippen molar-refractivity contribution in [2.24, 2.45) is 4.99 Å². The van der Waals surface area contributed by atoms with Crippen molar-refractivity contribution in [3.8, 4) is 6.07 Å². The van der Waals surface area contributed by atoms with E-state index in [4.69, 9.17) is 5.26 Å². The van der Waals surface area contributed by atoms with Crippen LogP contribution >= 0.6 is 0 Å². The van der Waals surface area contributed by atoms with Crippen LogP contribution in [0.5, 0.6) is 0 Å². The van der Waals surface area contributed by atoms with Gasteiger partial charge in [0, 0.05) is 25.8 Å². The van der Waals surface area contributed by atoms with Crippen LogP contribution in [-0.4, -0.2) is 43.3 Å². The van der Waals surface area contributed by atoms with Crippen LogP contribution in [0, 0.1) is 11.3 Å². The highest BCUT2D eigenvalue weighted by Gasteiger charge is 2.17. The van der Waals surface area contributed by atoms with E-state index >= 15 is 0 Å². The predicted molar refractivity (Wildman–Crippen MR) is 68.6 cm³/mol. The highest BCUT2D eigenvalue weighted by molar-refractivity contribution is 5.79. The van der Waals surface area contributed by atoms with Crippen molar-refractivity contribution in [1.29, 1.82) is 5.26 Å². The molecule has 2 amide bonds. The predicted octanol–water partition coefficient (Wildman–Crippen LogP) is 1.00. The molecule has 0 bridgehead atoms. The molecule has 0 radical (unpaired) electrons. The maximum atomic E-state index is 11.2. The quantitative estimate of drug-likeness (QED) is 0.800. The van der Waals surface area contributed by atoms with E-state index < -0.39 is 0 Å². The summed E-state index contributed by atoms with van der Waals surface area (Å²) in [6, 6.07) is 9.28. The number of benzene rings is 1. The zero-order chi connectivity index (χ0) is 12.8. The van der Waals surface area contributed by atoms with Crippen molar-refractivity contribution in [1.82, 2.24) is 10.2 Å². The Kier molecular flexibility index (Phi) is 3.92. The Morgan fingerprint density at radius 1 is 1.44 bits per heavy atom. The summed E-state index contributed by atoms with van der Waals surface area (Å²) in [5.74, 6) is 0. The summed E-state index contributed by atoms with van der Waals surface area (Å²) in [7, 11) is 0. The summed E-state index contributed by atoms with van der Waals surface area (Å²) in [4.78, 5) is 17.3. The van der Waals surface area contributed by atoms with Crippen LogP contribution in [0.3, 0.4) is 0 Å². The van der Waals surface area contributed by atoms with Gasteiger partial charge in [-0.05, 0) is 17.7 Å². The van der Waals surface area contributed by atoms with Gasteiger partial charge < -0.3 is 10.2 Å². The van der Waals surface area contributed by atoms with Gasteiger partial charge in [0.1, 0.15) is 0 Å². The van der Waals surface area contributed by atoms with Crippen molar-refractivity contribution < 1.29 is 4.79 Å². The maximum Gasteiger partial charge on any atom is 0.317 e. The van der Waals surface area contributed by atoms with Crippen molar-refractivity contribution in [2.75, 3.05) is 26.2 Å². The molecule has 0 unspecified atom stereocenters. The minimum Gasteiger partial charge on any atom is -0.336 e. The molecule has 18 heavy (non-hydrogen) atoms. The summed E-state index contributed by atoms with van der Waals surface area (Å²) in [5.41, 5.74) is 1.60. The van der Waals surface area contributed by atoms with Gasteiger partial charge in [-0.15, -0.1) is 0 Å². The molecule has 1 aliphatic rings. The van der Waals surface area contributed by atoms with Crippen molar-refractivity contribution in [3.63, 3.8) is 0 Å². The van der Waals surface area contributed by atoms with E-state index in [-0.39, 0.29) is 6.03 Å². The maximum absolute atomic E-state index is 11.2. The number of nitrogens with one attached hydrogen (secondary N) is 1. The fourth-order valence-electron chi connectivity index (χ4n) is 1.72. The standard InChI is InChI=1S/C13H14N4O/c14-9-11-1-3-12(4-2-11)10-15-5-7-17-8-6-16-13(17)18/h1-4,10H,5-8H2,(H,16,18). The van der Waals surface area contributed by atoms with Gasteiger partial charge in [-0.25, -0.2) is 4.79 Å². The second-order valence-corrected chi connectivity index (χ2v) is 3.99. The van der Waals surface area contributed by atoms with Crippen LogP contribution in [0.1, 0.15) is 11.1 Å². The lowest BCUT2D eigenvalue weighted by molar-refractivity contribution is 0.218. The smallest absolute Gasteiger partial charge is 0.317 e. The van der Waals surface area contributed by atoms with Crippen molar-refractivity contribution >= 4 is 12.2 Å². The summed E-state index contributed by atoms with van der Waals surface area (Å²) in [6.07, 6.45) is 1.76. The van der Waals surface area contributed by atoms with Crippen LogP contribution in [0.2, 0.25) is 0 Å². The number of carbonyl (C=O) groups excluding carboxylic acids is 1. The second-order valence-electron chi connectivity index (χ2n) is 3.99. The number of aliphatic imine (C=N–C) groups is 1. The van der Waals surface area contributed by atoms with Crippen LogP contribution in [-0.2, 0) is 0 Å². The van der Waals surface area contributed by atoms with E-state index in [0.717, 1.165) is 18.7 Å². The van der Waals surface area contributed by atoms with Crippen molar-refractivity contribution in [3.05, 3.63) is 35.4 Å². The number of carbonyl (C=O) groups is 1. The van der Waals surface area contributed by atoms with Crippen molar-refractivity contribution in [2.45, 2.75) is 0 Å². The molecule has 0 spiro atoms. The molecule has 1 fully saturated rings. The summed E-state index contributed by atoms with van der Waals surface area (Å²) < 4.78 is 0. The highest BCUT2D eigenvalue weighted by Crippen LogP contribution is 2.01. The number of hydrogen-bond acceptors (Lipinski definition) is 3. The first-order valence-corrected chi connectivity index (χ1v) is 5.82. The molecule has 0 aliphatic carbocycles. The summed E-state index contributed by atoms with van der Waals surface area (Å²) in [5, 5.41) is 11.4. The largest absolute Gasteiger partial charge is 0.336 e. The first kappa shape index (κ1) is 12.1. The average molecular weight is 242 g/mol. The molecule has 1 aromatic rings. The third-order valence-corrected chi connectivity index (χ3v) is 2.72. The van der Waals surface area contributed by atoms with E-state index in [1.54, 1.807) is 23.2 Å². The molecule has 1 aliphatic heterocycles. The first-order chi connectivity index (χ1) is 8.79. The molecule has 1 saturated heterocycles. The second kappa shape index (κ2) is 5.82. The third kappa shape index (κ3) is 3.08. The van der Waals surface area contributed by atoms with Gasteiger partial charge in [0.2, 0.25) is 0 Å². The average Bonchev–Trinajstić information content (AvgIpc) is 2.81. The fraction of sp³-hybridized carbons (Fsp3) is 0.308. The minimum absolute atomic E-state index is 0.0106. The van der Waals surface area contributed by atoms with Gasteiger partial charge in [0.15, 0.2) is 0 Å². The highest BCUT2D eigenvalue weighted by atomic mass is 16.2. The van der Waals surface area contributed by atoms with Gasteiger partial charge in [0.05, 0.1) is 18.2 Å². The Bertz CT molecular complexity index is 487. The summed E-state index contributed by atoms with van der Waals surface area (Å²) in [6.45, 7) is 2.70. The van der Waals surface area contributed by atoms with Gasteiger partial charge >= 0.3 is 6.03 Å². The van der Waals surface area contributed by atoms with Crippen LogP contribution < -0.4 is 5.32 Å². The lowest BCUT2D eigenvalue weighted by Crippen LogP contribution is -2.30. The van der Waals surface area contributed by atoms with Gasteiger partial charge in [-0.2, -0.15) is 5.26 Å². The topological polar surface area (TPSA) is 68.5 Å². The number of nitrogens with zero attached hydrogens (tertiary/aromatic N) is 3. The SMILES string of the molecule is N#Cc1ccc(C=NCCN2CCNC2=O)cc1. The lowest BCUT2D eigenvalue weighted by atomic mass is 10.2. The number of nitriles is 1. The molecule has 5 heteroatoms. The molecular weight excluding hydrogens is 228 g/mol. The Balaban J connectivity index is 1.80. The number of amides is 2. The zero-order valence-corrected chi connectivity index (χ0v) is 9.97. The molecule has 1 N–H and O–H groups in total. The van der Waals surface area contributed by atoms with Crippen LogP contribution in [0.4, 0.5) is 4.79 Å². The van der Waals surface area contributed by atoms with Gasteiger partial charge in [-0.3, -0.25) is 4.99 Å². The van der Waals surface area contributed by atoms with E-state index in [1.165, 1.54) is 0 Å². The van der Waals surface area contributed by atoms with E-state index in [0.29, 0.717) is 18.7 Å². The Hall–Kier alpha value is -2.35. The third-order valence-electron chi connectivity index (χ3n) is 2.72. The molecule has 1 aromatic carbocycles. The zero-order valence-electron chi connectivity index (χ0n) is 9.97. The molecule has 1 heterocycles. The van der Waals surface area contributed by atoms with E-state index in [9.17, 15) is 4.79 Å². The fourth-order valence-corrected chi connectivity index (χ4v) is 1.72. The minimum atomic E-state index is -0.0106. The molecular formula is C13H14N4O. The van der Waals surface area contributed by atoms with Crippen LogP contribution in [0.15, 0.2) is 29.3 Å². The Morgan fingerprint density at radius 2 is 2.22 bits per heavy atom. The molecule has 92 valence electrons. The molecule has 5 nitrogen and oxygen atoms in total. The van der Waals surface area contributed by atoms with E-state index in [2.05, 4.69) is 16.4 Å². The van der Waals surface area contributed by atoms with Gasteiger partial charge in [-0.1, -0.05) is 12.1 Å². The normalized spacial score (nSPS) is 14.8. The monoisotopic (exact) mass is 242 g/mol.